The first-order chi connectivity index (χ1) is 15.8. The fraction of sp³-hybridized carbons (Fsp3) is 0.261. The van der Waals surface area contributed by atoms with Gasteiger partial charge in [-0.05, 0) is 50.6 Å². The molecule has 0 saturated carbocycles. The number of ether oxygens (including phenoxy) is 1. The molecule has 0 aromatic heterocycles. The Bertz CT molecular complexity index is 1280. The molecule has 0 atom stereocenters. The van der Waals surface area contributed by atoms with Gasteiger partial charge in [0.15, 0.2) is 0 Å². The van der Waals surface area contributed by atoms with E-state index in [1.54, 1.807) is 44.2 Å². The van der Waals surface area contributed by atoms with E-state index < -0.39 is 21.9 Å². The molecule has 0 radical (unpaired) electrons. The zero-order valence-corrected chi connectivity index (χ0v) is 19.1. The van der Waals surface area contributed by atoms with Crippen molar-refractivity contribution >= 4 is 44.8 Å². The van der Waals surface area contributed by atoms with E-state index in [9.17, 15) is 18.0 Å². The maximum Gasteiger partial charge on any atom is 0.343 e. The Hall–Kier alpha value is -3.66. The summed E-state index contributed by atoms with van der Waals surface area (Å²) in [5, 5.41) is 5.87. The smallest absolute Gasteiger partial charge is 0.343 e. The van der Waals surface area contributed by atoms with Crippen LogP contribution in [-0.2, 0) is 19.6 Å². The maximum atomic E-state index is 13.1. The van der Waals surface area contributed by atoms with Crippen molar-refractivity contribution in [2.75, 3.05) is 28.5 Å². The molecule has 1 saturated heterocycles. The van der Waals surface area contributed by atoms with Crippen molar-refractivity contribution in [3.05, 3.63) is 65.4 Å². The average molecular weight is 469 g/mol. The van der Waals surface area contributed by atoms with Gasteiger partial charge in [-0.25, -0.2) is 18.2 Å². The normalized spacial score (nSPS) is 16.9. The van der Waals surface area contributed by atoms with Gasteiger partial charge in [-0.2, -0.15) is 0 Å². The fourth-order valence-corrected chi connectivity index (χ4v) is 5.31. The molecule has 172 valence electrons. The van der Waals surface area contributed by atoms with Gasteiger partial charge in [0.2, 0.25) is 10.0 Å². The van der Waals surface area contributed by atoms with Crippen molar-refractivity contribution in [1.82, 2.24) is 5.32 Å². The molecule has 1 fully saturated rings. The molecule has 0 aliphatic carbocycles. The van der Waals surface area contributed by atoms with E-state index in [0.717, 1.165) is 0 Å². The number of hydrogen-bond acceptors (Lipinski definition) is 7. The standard InChI is InChI=1S/C23H24N4O5S/c1-3-32-23(29)20-15(2)24-18-10-4-5-11-19(18)25-21(20)26-22(28)16-8-6-9-17(14-16)27-12-7-13-33(27,30)31/h4-6,8-11,14,24H,3,7,12-13H2,1-2H3,(H,25,26,28). The van der Waals surface area contributed by atoms with E-state index in [1.807, 2.05) is 12.1 Å². The number of allylic oxidation sites excluding steroid dienone is 1. The lowest BCUT2D eigenvalue weighted by Crippen LogP contribution is -2.35. The summed E-state index contributed by atoms with van der Waals surface area (Å²) in [5.41, 5.74) is 2.48. The van der Waals surface area contributed by atoms with Crippen LogP contribution in [0.1, 0.15) is 30.6 Å². The van der Waals surface area contributed by atoms with Crippen LogP contribution in [0.5, 0.6) is 0 Å². The van der Waals surface area contributed by atoms with Gasteiger partial charge in [0.05, 0.1) is 29.4 Å². The molecule has 0 spiro atoms. The molecule has 2 heterocycles. The summed E-state index contributed by atoms with van der Waals surface area (Å²) >= 11 is 0. The molecule has 33 heavy (non-hydrogen) atoms. The van der Waals surface area contributed by atoms with Gasteiger partial charge in [0.1, 0.15) is 11.4 Å². The highest BCUT2D eigenvalue weighted by atomic mass is 32.2. The van der Waals surface area contributed by atoms with Crippen LogP contribution in [0.15, 0.2) is 64.8 Å². The summed E-state index contributed by atoms with van der Waals surface area (Å²) in [6, 6.07) is 13.6. The summed E-state index contributed by atoms with van der Waals surface area (Å²) in [6.07, 6.45) is 0.537. The average Bonchev–Trinajstić information content (AvgIpc) is 3.07. The van der Waals surface area contributed by atoms with Crippen molar-refractivity contribution in [2.45, 2.75) is 20.3 Å². The van der Waals surface area contributed by atoms with Crippen LogP contribution in [0.2, 0.25) is 0 Å². The van der Waals surface area contributed by atoms with Crippen LogP contribution in [0.4, 0.5) is 17.1 Å². The number of amidine groups is 1. The van der Waals surface area contributed by atoms with Crippen LogP contribution < -0.4 is 14.9 Å². The van der Waals surface area contributed by atoms with Crippen LogP contribution in [0, 0.1) is 0 Å². The number of carbonyl (C=O) groups is 2. The Morgan fingerprint density at radius 3 is 2.70 bits per heavy atom. The van der Waals surface area contributed by atoms with Crippen LogP contribution in [0.3, 0.4) is 0 Å². The quantitative estimate of drug-likeness (QED) is 0.667. The van der Waals surface area contributed by atoms with E-state index >= 15 is 0 Å². The molecular formula is C23H24N4O5S. The molecule has 2 aliphatic heterocycles. The van der Waals surface area contributed by atoms with Gasteiger partial charge in [0, 0.05) is 17.8 Å². The molecule has 0 bridgehead atoms. The second-order valence-electron chi connectivity index (χ2n) is 7.57. The molecule has 2 aliphatic rings. The molecule has 9 nitrogen and oxygen atoms in total. The minimum Gasteiger partial charge on any atom is -0.462 e. The molecule has 2 N–H and O–H groups in total. The van der Waals surface area contributed by atoms with Gasteiger partial charge in [0.25, 0.3) is 5.91 Å². The molecule has 10 heteroatoms. The Morgan fingerprint density at radius 1 is 1.18 bits per heavy atom. The Balaban J connectivity index is 1.69. The number of nitrogens with one attached hydrogen (secondary N) is 2. The third-order valence-electron chi connectivity index (χ3n) is 5.28. The molecule has 1 amide bonds. The number of hydrogen-bond donors (Lipinski definition) is 2. The van der Waals surface area contributed by atoms with E-state index in [4.69, 9.17) is 4.74 Å². The van der Waals surface area contributed by atoms with E-state index in [0.29, 0.717) is 35.7 Å². The number of esters is 1. The van der Waals surface area contributed by atoms with Gasteiger partial charge >= 0.3 is 5.97 Å². The monoisotopic (exact) mass is 468 g/mol. The predicted molar refractivity (Wildman–Crippen MR) is 126 cm³/mol. The summed E-state index contributed by atoms with van der Waals surface area (Å²) in [7, 11) is -3.38. The molecule has 2 aromatic rings. The maximum absolute atomic E-state index is 13.1. The van der Waals surface area contributed by atoms with Crippen molar-refractivity contribution in [1.29, 1.82) is 0 Å². The lowest BCUT2D eigenvalue weighted by molar-refractivity contribution is -0.137. The third-order valence-corrected chi connectivity index (χ3v) is 7.15. The Labute approximate surface area is 192 Å². The predicted octanol–water partition coefficient (Wildman–Crippen LogP) is 2.95. The number of amides is 1. The van der Waals surface area contributed by atoms with Crippen LogP contribution in [0.25, 0.3) is 0 Å². The van der Waals surface area contributed by atoms with Gasteiger partial charge in [-0.1, -0.05) is 18.2 Å². The SMILES string of the molecule is CCOC(=O)C1=C(C)Nc2ccccc2N=C1NC(=O)c1cccc(N2CCCS2(=O)=O)c1. The minimum absolute atomic E-state index is 0.0487. The van der Waals surface area contributed by atoms with Gasteiger partial charge in [-0.3, -0.25) is 9.10 Å². The molecule has 4 rings (SSSR count). The first-order valence-electron chi connectivity index (χ1n) is 10.5. The van der Waals surface area contributed by atoms with Crippen LogP contribution in [-0.4, -0.2) is 45.0 Å². The number of nitrogens with zero attached hydrogens (tertiary/aromatic N) is 2. The van der Waals surface area contributed by atoms with Crippen molar-refractivity contribution in [2.24, 2.45) is 4.99 Å². The highest BCUT2D eigenvalue weighted by Crippen LogP contribution is 2.30. The number of rotatable bonds is 4. The first-order valence-corrected chi connectivity index (χ1v) is 12.2. The summed E-state index contributed by atoms with van der Waals surface area (Å²) in [6.45, 7) is 3.93. The highest BCUT2D eigenvalue weighted by molar-refractivity contribution is 7.93. The lowest BCUT2D eigenvalue weighted by atomic mass is 10.1. The minimum atomic E-state index is -3.38. The number of aliphatic imine (C=N–C) groups is 1. The molecular weight excluding hydrogens is 444 g/mol. The van der Waals surface area contributed by atoms with Crippen molar-refractivity contribution in [3.8, 4) is 0 Å². The fourth-order valence-electron chi connectivity index (χ4n) is 3.75. The number of fused-ring (bicyclic) bond motifs is 1. The lowest BCUT2D eigenvalue weighted by Gasteiger charge is -2.18. The van der Waals surface area contributed by atoms with E-state index in [-0.39, 0.29) is 29.3 Å². The highest BCUT2D eigenvalue weighted by Gasteiger charge is 2.30. The largest absolute Gasteiger partial charge is 0.462 e. The number of carbonyl (C=O) groups excluding carboxylic acids is 2. The second kappa shape index (κ2) is 9.07. The van der Waals surface area contributed by atoms with Gasteiger partial charge < -0.3 is 15.4 Å². The molecule has 0 unspecified atom stereocenters. The summed E-state index contributed by atoms with van der Waals surface area (Å²) < 4.78 is 31.0. The van der Waals surface area contributed by atoms with Crippen LogP contribution >= 0.6 is 0 Å². The topological polar surface area (TPSA) is 117 Å². The Kier molecular flexibility index (Phi) is 6.19. The number of sulfonamides is 1. The van der Waals surface area contributed by atoms with Crippen molar-refractivity contribution < 1.29 is 22.7 Å². The first kappa shape index (κ1) is 22.5. The van der Waals surface area contributed by atoms with Crippen molar-refractivity contribution in [3.63, 3.8) is 0 Å². The second-order valence-corrected chi connectivity index (χ2v) is 9.58. The summed E-state index contributed by atoms with van der Waals surface area (Å²) in [5.74, 6) is -1.01. The van der Waals surface area contributed by atoms with E-state index in [1.165, 1.54) is 10.4 Å². The van der Waals surface area contributed by atoms with Gasteiger partial charge in [-0.15, -0.1) is 0 Å². The zero-order chi connectivity index (χ0) is 23.6. The number of benzene rings is 2. The zero-order valence-electron chi connectivity index (χ0n) is 18.3. The molecule has 2 aromatic carbocycles. The third kappa shape index (κ3) is 4.61. The Morgan fingerprint density at radius 2 is 1.97 bits per heavy atom. The van der Waals surface area contributed by atoms with E-state index in [2.05, 4.69) is 15.6 Å². The number of para-hydroxylation sites is 2. The number of anilines is 2. The summed E-state index contributed by atoms with van der Waals surface area (Å²) in [4.78, 5) is 30.4.